The lowest BCUT2D eigenvalue weighted by atomic mass is 9.66. The first-order valence-electron chi connectivity index (χ1n) is 10.7. The third-order valence-electron chi connectivity index (χ3n) is 5.94. The molecule has 0 atom stereocenters. The number of nitrogens with zero attached hydrogens (tertiary/aromatic N) is 4. The molecule has 1 aliphatic carbocycles. The molecule has 1 saturated carbocycles. The van der Waals surface area contributed by atoms with Gasteiger partial charge in [-0.15, -0.1) is 21.5 Å². The quantitative estimate of drug-likeness (QED) is 0.365. The molecular formula is C23H22FN7OS. The normalized spacial score (nSPS) is 14.5. The minimum atomic E-state index is -0.296. The molecular weight excluding hydrogens is 441 g/mol. The number of aromatic amines is 1. The number of hydrogen-bond donors (Lipinski definition) is 3. The van der Waals surface area contributed by atoms with Crippen molar-refractivity contribution in [1.29, 1.82) is 0 Å². The molecule has 168 valence electrons. The van der Waals surface area contributed by atoms with Crippen molar-refractivity contribution in [2.75, 3.05) is 11.9 Å². The lowest BCUT2D eigenvalue weighted by molar-refractivity contribution is 0.0951. The molecule has 4 aromatic rings. The van der Waals surface area contributed by atoms with Gasteiger partial charge in [0.25, 0.3) is 5.91 Å². The van der Waals surface area contributed by atoms with E-state index in [4.69, 9.17) is 0 Å². The van der Waals surface area contributed by atoms with Crippen LogP contribution in [0.25, 0.3) is 10.6 Å². The molecule has 33 heavy (non-hydrogen) atoms. The zero-order valence-corrected chi connectivity index (χ0v) is 18.5. The van der Waals surface area contributed by atoms with Crippen molar-refractivity contribution in [2.24, 2.45) is 0 Å². The summed E-state index contributed by atoms with van der Waals surface area (Å²) in [5.41, 5.74) is 1.48. The van der Waals surface area contributed by atoms with Gasteiger partial charge < -0.3 is 10.6 Å². The van der Waals surface area contributed by atoms with Gasteiger partial charge in [-0.25, -0.2) is 4.39 Å². The lowest BCUT2D eigenvalue weighted by Crippen LogP contribution is -2.42. The number of aromatic nitrogens is 5. The van der Waals surface area contributed by atoms with Crippen LogP contribution in [0, 0.1) is 5.82 Å². The standard InChI is InChI=1S/C23H22FN7OS/c24-17-3-1-10-25-21(17)23(8-2-9-23)14-27-20-7-5-18(30-31-20)19-6-4-16(33-19)13-26-22(32)15-11-28-29-12-15/h1,3-7,10-12H,2,8-9,13-14H2,(H,26,32)(H,27,31)(H,28,29). The molecule has 4 heterocycles. The Morgan fingerprint density at radius 2 is 2.09 bits per heavy atom. The summed E-state index contributed by atoms with van der Waals surface area (Å²) in [5.74, 6) is 0.212. The van der Waals surface area contributed by atoms with Gasteiger partial charge in [0.2, 0.25) is 0 Å². The molecule has 3 N–H and O–H groups in total. The number of hydrogen-bond acceptors (Lipinski definition) is 7. The van der Waals surface area contributed by atoms with E-state index in [0.29, 0.717) is 30.2 Å². The van der Waals surface area contributed by atoms with Gasteiger partial charge >= 0.3 is 0 Å². The fraction of sp³-hybridized carbons (Fsp3) is 0.261. The Morgan fingerprint density at radius 1 is 1.18 bits per heavy atom. The third kappa shape index (κ3) is 4.47. The first-order chi connectivity index (χ1) is 16.1. The highest BCUT2D eigenvalue weighted by molar-refractivity contribution is 7.15. The van der Waals surface area contributed by atoms with E-state index in [1.807, 2.05) is 24.3 Å². The minimum Gasteiger partial charge on any atom is -0.368 e. The third-order valence-corrected chi connectivity index (χ3v) is 7.05. The number of carbonyl (C=O) groups excluding carboxylic acids is 1. The van der Waals surface area contributed by atoms with E-state index in [2.05, 4.69) is 36.0 Å². The summed E-state index contributed by atoms with van der Waals surface area (Å²) < 4.78 is 14.3. The monoisotopic (exact) mass is 463 g/mol. The number of thiophene rings is 1. The number of nitrogens with one attached hydrogen (secondary N) is 3. The Labute approximate surface area is 193 Å². The summed E-state index contributed by atoms with van der Waals surface area (Å²) in [5, 5.41) is 21.2. The Kier molecular flexibility index (Phi) is 5.82. The van der Waals surface area contributed by atoms with E-state index in [1.54, 1.807) is 29.8 Å². The number of rotatable bonds is 8. The summed E-state index contributed by atoms with van der Waals surface area (Å²) in [6.07, 6.45) is 7.54. The molecule has 1 fully saturated rings. The van der Waals surface area contributed by atoms with Gasteiger partial charge in [-0.2, -0.15) is 5.10 Å². The van der Waals surface area contributed by atoms with Gasteiger partial charge in [0.15, 0.2) is 0 Å². The first-order valence-corrected chi connectivity index (χ1v) is 11.5. The topological polar surface area (TPSA) is 108 Å². The van der Waals surface area contributed by atoms with Crippen LogP contribution in [-0.4, -0.2) is 37.8 Å². The average Bonchev–Trinajstić information content (AvgIpc) is 3.51. The van der Waals surface area contributed by atoms with Crippen molar-refractivity contribution in [3.05, 3.63) is 76.9 Å². The number of anilines is 1. The van der Waals surface area contributed by atoms with Crippen molar-refractivity contribution >= 4 is 23.1 Å². The molecule has 4 aromatic heterocycles. The largest absolute Gasteiger partial charge is 0.368 e. The second-order valence-corrected chi connectivity index (χ2v) is 9.23. The number of pyridine rings is 1. The molecule has 0 saturated heterocycles. The van der Waals surface area contributed by atoms with E-state index in [0.717, 1.165) is 34.7 Å². The van der Waals surface area contributed by atoms with E-state index in [-0.39, 0.29) is 17.1 Å². The molecule has 0 bridgehead atoms. The predicted molar refractivity (Wildman–Crippen MR) is 123 cm³/mol. The van der Waals surface area contributed by atoms with Crippen molar-refractivity contribution in [2.45, 2.75) is 31.2 Å². The van der Waals surface area contributed by atoms with Crippen LogP contribution >= 0.6 is 11.3 Å². The van der Waals surface area contributed by atoms with E-state index in [1.165, 1.54) is 12.3 Å². The van der Waals surface area contributed by atoms with Crippen LogP contribution in [0.4, 0.5) is 10.2 Å². The molecule has 5 rings (SSSR count). The highest BCUT2D eigenvalue weighted by Crippen LogP contribution is 2.43. The second kappa shape index (κ2) is 9.07. The van der Waals surface area contributed by atoms with Crippen LogP contribution in [0.1, 0.15) is 40.2 Å². The number of H-pyrrole nitrogens is 1. The van der Waals surface area contributed by atoms with Crippen molar-refractivity contribution in [3.8, 4) is 10.6 Å². The van der Waals surface area contributed by atoms with Gasteiger partial charge in [0.1, 0.15) is 17.3 Å². The van der Waals surface area contributed by atoms with Crippen molar-refractivity contribution < 1.29 is 9.18 Å². The Balaban J connectivity index is 1.20. The zero-order chi connectivity index (χ0) is 22.7. The van der Waals surface area contributed by atoms with Crippen LogP contribution in [-0.2, 0) is 12.0 Å². The van der Waals surface area contributed by atoms with E-state index < -0.39 is 0 Å². The van der Waals surface area contributed by atoms with Crippen LogP contribution in [0.5, 0.6) is 0 Å². The summed E-state index contributed by atoms with van der Waals surface area (Å²) >= 11 is 1.55. The average molecular weight is 464 g/mol. The van der Waals surface area contributed by atoms with Crippen LogP contribution in [0.2, 0.25) is 0 Å². The van der Waals surface area contributed by atoms with Gasteiger partial charge in [0, 0.05) is 29.2 Å². The Hall–Kier alpha value is -3.66. The molecule has 10 heteroatoms. The first kappa shape index (κ1) is 21.2. The van der Waals surface area contributed by atoms with Gasteiger partial charge in [0.05, 0.1) is 28.9 Å². The second-order valence-electron chi connectivity index (χ2n) is 8.06. The Morgan fingerprint density at radius 3 is 2.79 bits per heavy atom. The number of halogens is 1. The molecule has 0 aromatic carbocycles. The molecule has 0 aliphatic heterocycles. The predicted octanol–water partition coefficient (Wildman–Crippen LogP) is 3.93. The highest BCUT2D eigenvalue weighted by Gasteiger charge is 2.41. The lowest BCUT2D eigenvalue weighted by Gasteiger charge is -2.41. The van der Waals surface area contributed by atoms with Crippen LogP contribution in [0.15, 0.2) is 55.0 Å². The highest BCUT2D eigenvalue weighted by atomic mass is 32.1. The molecule has 0 spiro atoms. The number of amides is 1. The van der Waals surface area contributed by atoms with Crippen LogP contribution in [0.3, 0.4) is 0 Å². The molecule has 1 amide bonds. The van der Waals surface area contributed by atoms with Gasteiger partial charge in [-0.3, -0.25) is 14.9 Å². The van der Waals surface area contributed by atoms with Crippen molar-refractivity contribution in [3.63, 3.8) is 0 Å². The summed E-state index contributed by atoms with van der Waals surface area (Å²) in [6.45, 7) is 0.988. The smallest absolute Gasteiger partial charge is 0.254 e. The molecule has 0 radical (unpaired) electrons. The maximum Gasteiger partial charge on any atom is 0.254 e. The maximum absolute atomic E-state index is 14.3. The van der Waals surface area contributed by atoms with Gasteiger partial charge in [-0.1, -0.05) is 6.42 Å². The SMILES string of the molecule is O=C(NCc1ccc(-c2ccc(NCC3(c4ncccc4F)CCC3)nn2)s1)c1cn[nH]c1. The zero-order valence-electron chi connectivity index (χ0n) is 17.7. The fourth-order valence-corrected chi connectivity index (χ4v) is 4.86. The molecule has 0 unspecified atom stereocenters. The summed E-state index contributed by atoms with van der Waals surface area (Å²) in [6, 6.07) is 10.8. The number of carbonyl (C=O) groups is 1. The fourth-order valence-electron chi connectivity index (χ4n) is 3.95. The van der Waals surface area contributed by atoms with Crippen LogP contribution < -0.4 is 10.6 Å². The molecule has 1 aliphatic rings. The summed E-state index contributed by atoms with van der Waals surface area (Å²) in [4.78, 5) is 18.3. The van der Waals surface area contributed by atoms with Crippen molar-refractivity contribution in [1.82, 2.24) is 30.7 Å². The summed E-state index contributed by atoms with van der Waals surface area (Å²) in [7, 11) is 0. The Bertz CT molecular complexity index is 1240. The maximum atomic E-state index is 14.3. The van der Waals surface area contributed by atoms with E-state index >= 15 is 0 Å². The van der Waals surface area contributed by atoms with E-state index in [9.17, 15) is 9.18 Å². The molecule has 8 nitrogen and oxygen atoms in total. The minimum absolute atomic E-state index is 0.177. The van der Waals surface area contributed by atoms with Gasteiger partial charge in [-0.05, 0) is 49.2 Å².